The molecule has 0 spiro atoms. The summed E-state index contributed by atoms with van der Waals surface area (Å²) >= 11 is 2.10. The van der Waals surface area contributed by atoms with Gasteiger partial charge < -0.3 is 4.98 Å². The fraction of sp³-hybridized carbons (Fsp3) is 0.533. The summed E-state index contributed by atoms with van der Waals surface area (Å²) in [4.78, 5) is 19.9. The molecule has 21 heavy (non-hydrogen) atoms. The Morgan fingerprint density at radius 2 is 2.05 bits per heavy atom. The molecule has 0 amide bonds. The summed E-state index contributed by atoms with van der Waals surface area (Å²) in [5.74, 6) is 1.09. The number of halogens is 1. The van der Waals surface area contributed by atoms with Crippen molar-refractivity contribution in [2.45, 2.75) is 44.9 Å². The second kappa shape index (κ2) is 4.93. The van der Waals surface area contributed by atoms with Crippen LogP contribution in [0.3, 0.4) is 0 Å². The molecular formula is C15H19IN4O. The van der Waals surface area contributed by atoms with Crippen LogP contribution in [0.4, 0.5) is 0 Å². The lowest BCUT2D eigenvalue weighted by Gasteiger charge is -2.17. The lowest BCUT2D eigenvalue weighted by Crippen LogP contribution is -2.18. The molecule has 0 atom stereocenters. The van der Waals surface area contributed by atoms with Gasteiger partial charge in [0.15, 0.2) is 0 Å². The Bertz CT molecular complexity index is 750. The quantitative estimate of drug-likeness (QED) is 0.792. The number of aromatic nitrogens is 4. The van der Waals surface area contributed by atoms with E-state index in [0.29, 0.717) is 11.7 Å². The first-order valence-electron chi connectivity index (χ1n) is 7.11. The van der Waals surface area contributed by atoms with E-state index in [2.05, 4.69) is 53.4 Å². The van der Waals surface area contributed by atoms with Crippen molar-refractivity contribution in [3.63, 3.8) is 0 Å². The molecule has 6 heteroatoms. The predicted octanol–water partition coefficient (Wildman–Crippen LogP) is 2.95. The van der Waals surface area contributed by atoms with Crippen molar-refractivity contribution < 1.29 is 0 Å². The van der Waals surface area contributed by atoms with Crippen LogP contribution in [0.15, 0.2) is 11.0 Å². The smallest absolute Gasteiger partial charge is 0.264 e. The molecule has 2 aromatic heterocycles. The Morgan fingerprint density at radius 1 is 1.38 bits per heavy atom. The third-order valence-corrected chi connectivity index (χ3v) is 4.69. The molecule has 2 heterocycles. The number of H-pyrrole nitrogens is 1. The first-order valence-corrected chi connectivity index (χ1v) is 8.19. The zero-order chi connectivity index (χ0) is 15.4. The van der Waals surface area contributed by atoms with Crippen LogP contribution in [0.2, 0.25) is 0 Å². The molecule has 3 rings (SSSR count). The Balaban J connectivity index is 2.20. The van der Waals surface area contributed by atoms with Gasteiger partial charge in [0.2, 0.25) is 0 Å². The van der Waals surface area contributed by atoms with Crippen LogP contribution in [-0.2, 0) is 12.5 Å². The summed E-state index contributed by atoms with van der Waals surface area (Å²) in [5.41, 5.74) is 2.67. The highest BCUT2D eigenvalue weighted by Crippen LogP contribution is 2.41. The molecular weight excluding hydrogens is 379 g/mol. The van der Waals surface area contributed by atoms with E-state index in [1.165, 1.54) is 0 Å². The van der Waals surface area contributed by atoms with Crippen molar-refractivity contribution in [1.82, 2.24) is 19.7 Å². The maximum absolute atomic E-state index is 12.2. The van der Waals surface area contributed by atoms with Crippen LogP contribution in [0.1, 0.15) is 50.9 Å². The first-order chi connectivity index (χ1) is 9.77. The molecule has 0 saturated heterocycles. The maximum Gasteiger partial charge on any atom is 0.264 e. The lowest BCUT2D eigenvalue weighted by atomic mass is 9.89. The molecule has 0 radical (unpaired) electrons. The molecule has 1 saturated carbocycles. The van der Waals surface area contributed by atoms with Gasteiger partial charge in [0.05, 0.1) is 20.5 Å². The topological polar surface area (TPSA) is 63.6 Å². The Kier molecular flexibility index (Phi) is 3.46. The van der Waals surface area contributed by atoms with Crippen LogP contribution in [0.25, 0.3) is 11.4 Å². The van der Waals surface area contributed by atoms with E-state index in [-0.39, 0.29) is 11.0 Å². The van der Waals surface area contributed by atoms with Crippen molar-refractivity contribution >= 4 is 22.6 Å². The molecule has 0 aromatic carbocycles. The summed E-state index contributed by atoms with van der Waals surface area (Å²) in [6.07, 6.45) is 4.19. The van der Waals surface area contributed by atoms with Crippen molar-refractivity contribution in [3.05, 3.63) is 31.5 Å². The number of aryl methyl sites for hydroxylation is 1. The van der Waals surface area contributed by atoms with Crippen LogP contribution in [-0.4, -0.2) is 19.7 Å². The van der Waals surface area contributed by atoms with Gasteiger partial charge in [-0.05, 0) is 35.4 Å². The van der Waals surface area contributed by atoms with E-state index in [4.69, 9.17) is 4.98 Å². The minimum atomic E-state index is -0.0993. The molecule has 1 aliphatic rings. The summed E-state index contributed by atoms with van der Waals surface area (Å²) in [7, 11) is 1.89. The molecule has 112 valence electrons. The van der Waals surface area contributed by atoms with Gasteiger partial charge in [-0.1, -0.05) is 20.8 Å². The van der Waals surface area contributed by atoms with Gasteiger partial charge in [0, 0.05) is 24.6 Å². The van der Waals surface area contributed by atoms with Gasteiger partial charge in [0.25, 0.3) is 5.56 Å². The van der Waals surface area contributed by atoms with E-state index in [0.717, 1.165) is 33.4 Å². The number of aromatic amines is 1. The molecule has 1 fully saturated rings. The normalized spacial score (nSPS) is 15.5. The Morgan fingerprint density at radius 3 is 2.62 bits per heavy atom. The minimum Gasteiger partial charge on any atom is -0.305 e. The van der Waals surface area contributed by atoms with Crippen LogP contribution in [0.5, 0.6) is 0 Å². The summed E-state index contributed by atoms with van der Waals surface area (Å²) in [6.45, 7) is 6.35. The monoisotopic (exact) mass is 398 g/mol. The molecule has 0 bridgehead atoms. The fourth-order valence-corrected chi connectivity index (χ4v) is 3.14. The van der Waals surface area contributed by atoms with Gasteiger partial charge in [-0.2, -0.15) is 5.10 Å². The summed E-state index contributed by atoms with van der Waals surface area (Å²) in [6, 6.07) is 0. The SMILES string of the molecule is Cn1cc(-c2nc(C3CC3)c(I)c(=O)[nH]2)c(C(C)(C)C)n1. The largest absolute Gasteiger partial charge is 0.305 e. The van der Waals surface area contributed by atoms with Crippen molar-refractivity contribution in [2.24, 2.45) is 7.05 Å². The summed E-state index contributed by atoms with van der Waals surface area (Å²) in [5, 5.41) is 4.55. The van der Waals surface area contributed by atoms with Gasteiger partial charge in [0.1, 0.15) is 5.82 Å². The molecule has 2 aromatic rings. The molecule has 5 nitrogen and oxygen atoms in total. The van der Waals surface area contributed by atoms with E-state index in [1.807, 2.05) is 13.2 Å². The van der Waals surface area contributed by atoms with E-state index < -0.39 is 0 Å². The first kappa shape index (κ1) is 14.7. The standard InChI is InChI=1S/C15H19IN4O/c1-15(2,3)12-9(7-20(4)19-12)13-17-11(8-5-6-8)10(16)14(21)18-13/h7-8H,5-6H2,1-4H3,(H,17,18,21). The minimum absolute atomic E-state index is 0.0498. The second-order valence-corrected chi connectivity index (χ2v) is 7.78. The third kappa shape index (κ3) is 2.77. The summed E-state index contributed by atoms with van der Waals surface area (Å²) < 4.78 is 2.50. The zero-order valence-corrected chi connectivity index (χ0v) is 14.9. The van der Waals surface area contributed by atoms with Gasteiger partial charge in [-0.3, -0.25) is 9.48 Å². The van der Waals surface area contributed by atoms with Crippen LogP contribution in [0, 0.1) is 3.57 Å². The van der Waals surface area contributed by atoms with E-state index in [9.17, 15) is 4.79 Å². The number of nitrogens with one attached hydrogen (secondary N) is 1. The van der Waals surface area contributed by atoms with Gasteiger partial charge in [-0.15, -0.1) is 0 Å². The fourth-order valence-electron chi connectivity index (χ4n) is 2.45. The van der Waals surface area contributed by atoms with Gasteiger partial charge >= 0.3 is 0 Å². The van der Waals surface area contributed by atoms with Crippen LogP contribution >= 0.6 is 22.6 Å². The highest BCUT2D eigenvalue weighted by Gasteiger charge is 2.30. The Labute approximate surface area is 137 Å². The molecule has 0 aliphatic heterocycles. The van der Waals surface area contributed by atoms with E-state index in [1.54, 1.807) is 4.68 Å². The molecule has 1 aliphatic carbocycles. The molecule has 0 unspecified atom stereocenters. The van der Waals surface area contributed by atoms with Crippen LogP contribution < -0.4 is 5.56 Å². The van der Waals surface area contributed by atoms with Crippen molar-refractivity contribution in [2.75, 3.05) is 0 Å². The Hall–Kier alpha value is -1.18. The maximum atomic E-state index is 12.2. The number of nitrogens with zero attached hydrogens (tertiary/aromatic N) is 3. The van der Waals surface area contributed by atoms with Gasteiger partial charge in [-0.25, -0.2) is 4.98 Å². The highest BCUT2D eigenvalue weighted by atomic mass is 127. The average Bonchev–Trinajstić information content (AvgIpc) is 3.13. The third-order valence-electron chi connectivity index (χ3n) is 3.65. The second-order valence-electron chi connectivity index (χ2n) is 6.70. The number of rotatable bonds is 2. The van der Waals surface area contributed by atoms with E-state index >= 15 is 0 Å². The number of hydrogen-bond acceptors (Lipinski definition) is 3. The lowest BCUT2D eigenvalue weighted by molar-refractivity contribution is 0.554. The van der Waals surface area contributed by atoms with Crippen molar-refractivity contribution in [1.29, 1.82) is 0 Å². The predicted molar refractivity (Wildman–Crippen MR) is 90.5 cm³/mol. The zero-order valence-electron chi connectivity index (χ0n) is 12.7. The van der Waals surface area contributed by atoms with Crippen molar-refractivity contribution in [3.8, 4) is 11.4 Å². The number of hydrogen-bond donors (Lipinski definition) is 1. The average molecular weight is 398 g/mol. The molecule has 1 N–H and O–H groups in total. The highest BCUT2D eigenvalue weighted by molar-refractivity contribution is 14.1.